The quantitative estimate of drug-likeness (QED) is 0.121. The fraction of sp³-hybridized carbons (Fsp3) is 0. The molecule has 22 aromatic rings. The molecule has 0 N–H and O–H groups in total. The van der Waals surface area contributed by atoms with Gasteiger partial charge in [-0.2, -0.15) is 0 Å². The van der Waals surface area contributed by atoms with Crippen molar-refractivity contribution >= 4 is 87.2 Å². The van der Waals surface area contributed by atoms with E-state index in [0.29, 0.717) is 5.82 Å². The van der Waals surface area contributed by atoms with Gasteiger partial charge in [0, 0.05) is 131 Å². The van der Waals surface area contributed by atoms with Crippen LogP contribution < -0.4 is 0 Å². The predicted molar refractivity (Wildman–Crippen MR) is 460 cm³/mol. The minimum atomic E-state index is 0.700. The second kappa shape index (κ2) is 27.5. The number of hydrogen-bond donors (Lipinski definition) is 0. The third-order valence-electron chi connectivity index (χ3n) is 21.8. The number of pyridine rings is 4. The first kappa shape index (κ1) is 65.1. The lowest BCUT2D eigenvalue weighted by atomic mass is 9.99. The molecule has 0 unspecified atom stereocenters. The van der Waals surface area contributed by atoms with Crippen molar-refractivity contribution in [3.63, 3.8) is 0 Å². The van der Waals surface area contributed by atoms with Gasteiger partial charge in [0.25, 0.3) is 0 Å². The summed E-state index contributed by atoms with van der Waals surface area (Å²) in [4.78, 5) is 28.4. The maximum Gasteiger partial charge on any atom is 0.160 e. The van der Waals surface area contributed by atoms with Gasteiger partial charge in [-0.05, 0) is 221 Å². The lowest BCUT2D eigenvalue weighted by Crippen LogP contribution is -1.96. The molecule has 22 rings (SSSR count). The Bertz CT molecular complexity index is 6990. The summed E-state index contributed by atoms with van der Waals surface area (Å²) in [6.07, 6.45) is 11.1. The molecule has 9 heterocycles. The van der Waals surface area contributed by atoms with Gasteiger partial charge >= 0.3 is 0 Å². The van der Waals surface area contributed by atoms with Crippen molar-refractivity contribution in [2.24, 2.45) is 0 Å². The monoisotopic (exact) mass is 1430 g/mol. The van der Waals surface area contributed by atoms with Crippen LogP contribution in [0.3, 0.4) is 0 Å². The van der Waals surface area contributed by atoms with Crippen molar-refractivity contribution in [2.45, 2.75) is 0 Å². The van der Waals surface area contributed by atoms with Crippen molar-refractivity contribution in [2.75, 3.05) is 0 Å². The van der Waals surface area contributed by atoms with Gasteiger partial charge in [0.2, 0.25) is 0 Å². The molecule has 524 valence electrons. The van der Waals surface area contributed by atoms with Crippen LogP contribution in [0.2, 0.25) is 0 Å². The number of nitrogens with zero attached hydrogens (tertiary/aromatic N) is 10. The van der Waals surface area contributed by atoms with E-state index in [0.717, 1.165) is 145 Å². The summed E-state index contributed by atoms with van der Waals surface area (Å²) in [5, 5.41) is 9.54. The molecule has 10 nitrogen and oxygen atoms in total. The SMILES string of the molecule is c1ccc(-c2cc(-c3ccccc3)nc(-c3ccc4c(c3)c3cc(-n5c6ccccc6c6ccccc65)ccc3n4-c3ccccc3)n2)cc1.c1ccc(-n2c3ccc(-c4ccc5c(c4)c4cc(-c6cc(-c7ccncc7)ccn6)ccc4n5-c4ccccc4)cc3c3cc(-c4cc(-c5ccncc5)ccn4)ccc32)cc1. The Kier molecular flexibility index (Phi) is 16.0. The minimum absolute atomic E-state index is 0.700. The number of aromatic nitrogens is 10. The molecule has 112 heavy (non-hydrogen) atoms. The molecule has 0 amide bonds. The normalized spacial score (nSPS) is 11.6. The highest BCUT2D eigenvalue weighted by molar-refractivity contribution is 6.16. The smallest absolute Gasteiger partial charge is 0.160 e. The molecular weight excluding hydrogens is 1370 g/mol. The van der Waals surface area contributed by atoms with Crippen LogP contribution in [0, 0.1) is 0 Å². The van der Waals surface area contributed by atoms with Gasteiger partial charge < -0.3 is 18.3 Å². The fourth-order valence-corrected chi connectivity index (χ4v) is 16.5. The van der Waals surface area contributed by atoms with Crippen LogP contribution in [0.25, 0.3) is 200 Å². The van der Waals surface area contributed by atoms with E-state index in [9.17, 15) is 0 Å². The highest BCUT2D eigenvalue weighted by Gasteiger charge is 2.22. The molecule has 0 aliphatic heterocycles. The molecule has 10 heteroatoms. The average molecular weight is 1430 g/mol. The lowest BCUT2D eigenvalue weighted by molar-refractivity contribution is 1.16. The Morgan fingerprint density at radius 2 is 0.455 bits per heavy atom. The zero-order valence-electron chi connectivity index (χ0n) is 60.6. The maximum atomic E-state index is 5.16. The number of rotatable bonds is 12. The van der Waals surface area contributed by atoms with Gasteiger partial charge in [0.1, 0.15) is 0 Å². The largest absolute Gasteiger partial charge is 0.309 e. The minimum Gasteiger partial charge on any atom is -0.309 e. The van der Waals surface area contributed by atoms with Gasteiger partial charge in [-0.1, -0.05) is 176 Å². The van der Waals surface area contributed by atoms with E-state index in [1.807, 2.05) is 73.6 Å². The summed E-state index contributed by atoms with van der Waals surface area (Å²) in [6.45, 7) is 0. The second-order valence-electron chi connectivity index (χ2n) is 28.3. The van der Waals surface area contributed by atoms with Crippen LogP contribution >= 0.6 is 0 Å². The Hall–Kier alpha value is -15.3. The van der Waals surface area contributed by atoms with E-state index in [-0.39, 0.29) is 0 Å². The Balaban J connectivity index is 0.000000145. The van der Waals surface area contributed by atoms with E-state index >= 15 is 0 Å². The van der Waals surface area contributed by atoms with Crippen molar-refractivity contribution in [1.29, 1.82) is 0 Å². The third-order valence-corrected chi connectivity index (χ3v) is 21.8. The van der Waals surface area contributed by atoms with Crippen molar-refractivity contribution in [3.05, 3.63) is 401 Å². The Morgan fingerprint density at radius 1 is 0.161 bits per heavy atom. The molecule has 9 aromatic heterocycles. The first-order chi connectivity index (χ1) is 55.5. The van der Waals surface area contributed by atoms with Crippen molar-refractivity contribution in [3.8, 4) is 113 Å². The van der Waals surface area contributed by atoms with Crippen LogP contribution in [-0.2, 0) is 0 Å². The van der Waals surface area contributed by atoms with E-state index in [4.69, 9.17) is 19.9 Å². The zero-order valence-corrected chi connectivity index (χ0v) is 60.6. The van der Waals surface area contributed by atoms with Gasteiger partial charge in [-0.15, -0.1) is 0 Å². The number of para-hydroxylation sites is 5. The summed E-state index contributed by atoms with van der Waals surface area (Å²) < 4.78 is 9.49. The zero-order chi connectivity index (χ0) is 74.0. The summed E-state index contributed by atoms with van der Waals surface area (Å²) in [7, 11) is 0. The standard InChI is InChI=1S/C56H36N6.C46H30N4/c1-3-7-45(8-4-1)61-53-15-11-39(31-47(53)49-33-43(13-17-55(49)61)51-35-41(23-29-59-51)37-19-25-57-26-20-37)40-12-16-54-48(32-40)50-34-44(14-18-56(50)62(54)46-9-5-2-6-10-46)52-36-42(24-30-60-52)38-21-27-58-28-22-38;1-4-14-31(15-5-1)40-30-41(32-16-6-2-7-17-32)48-46(47-40)33-24-26-44-38(28-33)39-29-35(25-27-45(39)49(44)34-18-8-3-9-19-34)50-42-22-12-10-20-36(42)37-21-11-13-23-43(37)50/h1-36H;1-30H. The van der Waals surface area contributed by atoms with Gasteiger partial charge in [-0.3, -0.25) is 19.9 Å². The number of benzene rings is 13. The fourth-order valence-electron chi connectivity index (χ4n) is 16.5. The summed E-state index contributed by atoms with van der Waals surface area (Å²) in [6, 6.07) is 129. The molecule has 0 bridgehead atoms. The molecule has 0 radical (unpaired) electrons. The lowest BCUT2D eigenvalue weighted by Gasteiger charge is -2.10. The van der Waals surface area contributed by atoms with Crippen LogP contribution in [0.1, 0.15) is 0 Å². The molecule has 0 saturated carbocycles. The Morgan fingerprint density at radius 3 is 0.866 bits per heavy atom. The van der Waals surface area contributed by atoms with Gasteiger partial charge in [-0.25, -0.2) is 9.97 Å². The molecule has 13 aromatic carbocycles. The second-order valence-corrected chi connectivity index (χ2v) is 28.3. The molecule has 0 atom stereocenters. The molecule has 0 saturated heterocycles. The maximum absolute atomic E-state index is 5.16. The summed E-state index contributed by atoms with van der Waals surface area (Å²) in [5.41, 5.74) is 29.4. The predicted octanol–water partition coefficient (Wildman–Crippen LogP) is 25.5. The molecule has 0 fully saturated rings. The van der Waals surface area contributed by atoms with Crippen LogP contribution in [0.4, 0.5) is 0 Å². The average Bonchev–Trinajstić information content (AvgIpc) is 1.64. The third kappa shape index (κ3) is 11.5. The number of hydrogen-bond acceptors (Lipinski definition) is 6. The van der Waals surface area contributed by atoms with Crippen molar-refractivity contribution in [1.82, 2.24) is 48.2 Å². The number of fused-ring (bicyclic) bond motifs is 12. The van der Waals surface area contributed by atoms with E-state index < -0.39 is 0 Å². The first-order valence-corrected chi connectivity index (χ1v) is 37.7. The van der Waals surface area contributed by atoms with Crippen molar-refractivity contribution < 1.29 is 0 Å². The van der Waals surface area contributed by atoms with E-state index in [1.54, 1.807) is 0 Å². The molecule has 0 aliphatic rings. The van der Waals surface area contributed by atoms with E-state index in [2.05, 4.69) is 356 Å². The molecule has 0 spiro atoms. The van der Waals surface area contributed by atoms with Crippen LogP contribution in [0.5, 0.6) is 0 Å². The van der Waals surface area contributed by atoms with Crippen LogP contribution in [0.15, 0.2) is 401 Å². The highest BCUT2D eigenvalue weighted by atomic mass is 15.0. The highest BCUT2D eigenvalue weighted by Crippen LogP contribution is 2.44. The van der Waals surface area contributed by atoms with Gasteiger partial charge in [0.15, 0.2) is 5.82 Å². The summed E-state index contributed by atoms with van der Waals surface area (Å²) in [5.74, 6) is 0.700. The summed E-state index contributed by atoms with van der Waals surface area (Å²) >= 11 is 0. The van der Waals surface area contributed by atoms with Gasteiger partial charge in [0.05, 0.1) is 66.9 Å². The first-order valence-electron chi connectivity index (χ1n) is 37.7. The Labute approximate surface area is 645 Å². The van der Waals surface area contributed by atoms with Crippen LogP contribution in [-0.4, -0.2) is 48.2 Å². The van der Waals surface area contributed by atoms with E-state index in [1.165, 1.54) is 48.7 Å². The molecule has 0 aliphatic carbocycles. The molecular formula is C102H66N10. The topological polar surface area (TPSA) is 97.1 Å².